The fourth-order valence-corrected chi connectivity index (χ4v) is 2.51. The minimum atomic E-state index is -1.25. The van der Waals surface area contributed by atoms with Crippen molar-refractivity contribution in [1.82, 2.24) is 0 Å². The zero-order valence-electron chi connectivity index (χ0n) is 13.5. The van der Waals surface area contributed by atoms with Crippen molar-refractivity contribution in [2.75, 3.05) is 18.5 Å². The van der Waals surface area contributed by atoms with Gasteiger partial charge in [0.15, 0.2) is 5.75 Å². The normalized spacial score (nSPS) is 13.2. The Morgan fingerprint density at radius 3 is 2.67 bits per heavy atom. The summed E-state index contributed by atoms with van der Waals surface area (Å²) in [7, 11) is 0. The van der Waals surface area contributed by atoms with Crippen LogP contribution < -0.4 is 10.1 Å². The Hall–Kier alpha value is -2.31. The van der Waals surface area contributed by atoms with Gasteiger partial charge in [0, 0.05) is 11.6 Å². The summed E-state index contributed by atoms with van der Waals surface area (Å²) in [5, 5.41) is 25.5. The van der Waals surface area contributed by atoms with Crippen LogP contribution in [0.5, 0.6) is 5.75 Å². The number of aliphatic hydroxyl groups is 1. The molecular formula is C17H19ClN2O4. The average Bonchev–Trinajstić information content (AvgIpc) is 2.53. The van der Waals surface area contributed by atoms with Gasteiger partial charge in [-0.25, -0.2) is 0 Å². The second kappa shape index (κ2) is 7.51. The molecule has 128 valence electrons. The van der Waals surface area contributed by atoms with Crippen molar-refractivity contribution in [2.45, 2.75) is 19.4 Å². The Labute approximate surface area is 145 Å². The van der Waals surface area contributed by atoms with Crippen molar-refractivity contribution >= 4 is 23.0 Å². The average molecular weight is 351 g/mol. The van der Waals surface area contributed by atoms with Crippen LogP contribution in [0.3, 0.4) is 0 Å². The van der Waals surface area contributed by atoms with Crippen LogP contribution in [-0.4, -0.2) is 23.2 Å². The van der Waals surface area contributed by atoms with E-state index in [0.717, 1.165) is 0 Å². The van der Waals surface area contributed by atoms with Gasteiger partial charge in [-0.15, -0.1) is 0 Å². The van der Waals surface area contributed by atoms with E-state index in [-0.39, 0.29) is 23.7 Å². The van der Waals surface area contributed by atoms with Gasteiger partial charge in [-0.1, -0.05) is 29.8 Å². The number of hydrogen-bond acceptors (Lipinski definition) is 5. The number of nitrogens with zero attached hydrogens (tertiary/aromatic N) is 1. The Kier molecular flexibility index (Phi) is 5.64. The summed E-state index contributed by atoms with van der Waals surface area (Å²) < 4.78 is 5.31. The summed E-state index contributed by atoms with van der Waals surface area (Å²) >= 11 is 5.95. The van der Waals surface area contributed by atoms with E-state index in [1.807, 2.05) is 0 Å². The molecule has 0 fully saturated rings. The van der Waals surface area contributed by atoms with E-state index in [2.05, 4.69) is 5.32 Å². The molecule has 2 N–H and O–H groups in total. The lowest BCUT2D eigenvalue weighted by atomic mass is 9.96. The fourth-order valence-electron chi connectivity index (χ4n) is 2.32. The summed E-state index contributed by atoms with van der Waals surface area (Å²) in [6.07, 6.45) is 0. The fraction of sp³-hybridized carbons (Fsp3) is 0.294. The number of ether oxygens (including phenoxy) is 1. The summed E-state index contributed by atoms with van der Waals surface area (Å²) in [4.78, 5) is 10.9. The Morgan fingerprint density at radius 1 is 1.33 bits per heavy atom. The molecule has 0 aliphatic carbocycles. The molecule has 0 saturated carbocycles. The summed E-state index contributed by atoms with van der Waals surface area (Å²) in [5.41, 5.74) is -0.499. The number of nitro benzene ring substituents is 1. The molecule has 0 aliphatic heterocycles. The van der Waals surface area contributed by atoms with Gasteiger partial charge in [0.25, 0.3) is 0 Å². The highest BCUT2D eigenvalue weighted by Gasteiger charge is 2.26. The second-order valence-corrected chi connectivity index (χ2v) is 5.92. The number of nitro groups is 1. The van der Waals surface area contributed by atoms with Crippen molar-refractivity contribution < 1.29 is 14.8 Å². The molecule has 0 bridgehead atoms. The number of anilines is 1. The van der Waals surface area contributed by atoms with Gasteiger partial charge in [-0.3, -0.25) is 10.1 Å². The zero-order valence-corrected chi connectivity index (χ0v) is 14.2. The minimum absolute atomic E-state index is 0.0732. The minimum Gasteiger partial charge on any atom is -0.487 e. The molecule has 0 spiro atoms. The van der Waals surface area contributed by atoms with E-state index in [9.17, 15) is 15.2 Å². The van der Waals surface area contributed by atoms with E-state index in [0.29, 0.717) is 17.2 Å². The third-order valence-corrected chi connectivity index (χ3v) is 3.79. The standard InChI is InChI=1S/C17H19ClN2O4/c1-3-24-15-9-5-8-14(16(15)20(22)23)19-11-17(2,21)12-6-4-7-13(18)10-12/h4-10,19,21H,3,11H2,1-2H3. The molecule has 0 aliphatic rings. The van der Waals surface area contributed by atoms with Crippen LogP contribution in [-0.2, 0) is 5.60 Å². The van der Waals surface area contributed by atoms with Crippen molar-refractivity contribution in [1.29, 1.82) is 0 Å². The molecule has 2 rings (SSSR count). The molecule has 1 atom stereocenters. The number of hydrogen-bond donors (Lipinski definition) is 2. The smallest absolute Gasteiger partial charge is 0.333 e. The molecule has 0 amide bonds. The Balaban J connectivity index is 2.25. The predicted octanol–water partition coefficient (Wildman–Crippen LogP) is 3.97. The second-order valence-electron chi connectivity index (χ2n) is 5.48. The SMILES string of the molecule is CCOc1cccc(NCC(C)(O)c2cccc(Cl)c2)c1[N+](=O)[O-]. The largest absolute Gasteiger partial charge is 0.487 e. The zero-order chi connectivity index (χ0) is 17.7. The Bertz CT molecular complexity index is 734. The molecule has 1 unspecified atom stereocenters. The lowest BCUT2D eigenvalue weighted by Crippen LogP contribution is -2.30. The molecule has 0 radical (unpaired) electrons. The van der Waals surface area contributed by atoms with Crippen LogP contribution in [0.4, 0.5) is 11.4 Å². The van der Waals surface area contributed by atoms with Gasteiger partial charge in [0.1, 0.15) is 11.3 Å². The number of halogens is 1. The van der Waals surface area contributed by atoms with Crippen molar-refractivity contribution in [2.24, 2.45) is 0 Å². The van der Waals surface area contributed by atoms with Gasteiger partial charge in [0.2, 0.25) is 0 Å². The van der Waals surface area contributed by atoms with Gasteiger partial charge in [-0.05, 0) is 43.7 Å². The van der Waals surface area contributed by atoms with Gasteiger partial charge in [0.05, 0.1) is 11.5 Å². The molecule has 0 saturated heterocycles. The quantitative estimate of drug-likeness (QED) is 0.583. The maximum absolute atomic E-state index is 11.4. The van der Waals surface area contributed by atoms with Gasteiger partial charge < -0.3 is 15.2 Å². The van der Waals surface area contributed by atoms with E-state index < -0.39 is 10.5 Å². The third kappa shape index (κ3) is 4.15. The summed E-state index contributed by atoms with van der Waals surface area (Å²) in [5.74, 6) is 0.190. The van der Waals surface area contributed by atoms with E-state index in [4.69, 9.17) is 16.3 Å². The molecule has 0 heterocycles. The molecule has 0 aromatic heterocycles. The predicted molar refractivity (Wildman–Crippen MR) is 93.8 cm³/mol. The number of rotatable bonds is 7. The molecule has 7 heteroatoms. The number of benzene rings is 2. The molecular weight excluding hydrogens is 332 g/mol. The highest BCUT2D eigenvalue weighted by molar-refractivity contribution is 6.30. The van der Waals surface area contributed by atoms with Crippen LogP contribution in [0.25, 0.3) is 0 Å². The first-order valence-electron chi connectivity index (χ1n) is 7.47. The Morgan fingerprint density at radius 2 is 2.04 bits per heavy atom. The topological polar surface area (TPSA) is 84.6 Å². The van der Waals surface area contributed by atoms with Crippen LogP contribution in [0.15, 0.2) is 42.5 Å². The van der Waals surface area contributed by atoms with E-state index in [1.54, 1.807) is 56.3 Å². The monoisotopic (exact) mass is 350 g/mol. The van der Waals surface area contributed by atoms with Gasteiger partial charge in [-0.2, -0.15) is 0 Å². The van der Waals surface area contributed by atoms with Gasteiger partial charge >= 0.3 is 5.69 Å². The number of nitrogens with one attached hydrogen (secondary N) is 1. The van der Waals surface area contributed by atoms with E-state index >= 15 is 0 Å². The van der Waals surface area contributed by atoms with Crippen LogP contribution in [0.1, 0.15) is 19.4 Å². The summed E-state index contributed by atoms with van der Waals surface area (Å²) in [6.45, 7) is 3.77. The van der Waals surface area contributed by atoms with Crippen LogP contribution in [0, 0.1) is 10.1 Å². The summed E-state index contributed by atoms with van der Waals surface area (Å²) in [6, 6.07) is 11.6. The van der Waals surface area contributed by atoms with Crippen LogP contribution >= 0.6 is 11.6 Å². The van der Waals surface area contributed by atoms with Crippen molar-refractivity contribution in [3.63, 3.8) is 0 Å². The molecule has 2 aromatic carbocycles. The van der Waals surface area contributed by atoms with Crippen molar-refractivity contribution in [3.05, 3.63) is 63.2 Å². The maximum atomic E-state index is 11.4. The highest BCUT2D eigenvalue weighted by atomic mass is 35.5. The lowest BCUT2D eigenvalue weighted by molar-refractivity contribution is -0.384. The number of para-hydroxylation sites is 1. The first kappa shape index (κ1) is 18.0. The van der Waals surface area contributed by atoms with Crippen molar-refractivity contribution in [3.8, 4) is 5.75 Å². The van der Waals surface area contributed by atoms with Crippen LogP contribution in [0.2, 0.25) is 5.02 Å². The molecule has 24 heavy (non-hydrogen) atoms. The first-order chi connectivity index (χ1) is 11.3. The maximum Gasteiger partial charge on any atom is 0.333 e. The highest BCUT2D eigenvalue weighted by Crippen LogP contribution is 2.35. The lowest BCUT2D eigenvalue weighted by Gasteiger charge is -2.25. The molecule has 2 aromatic rings. The van der Waals surface area contributed by atoms with E-state index in [1.165, 1.54) is 0 Å². The third-order valence-electron chi connectivity index (χ3n) is 3.55. The molecule has 6 nitrogen and oxygen atoms in total. The first-order valence-corrected chi connectivity index (χ1v) is 7.85.